The maximum atomic E-state index is 12.4. The van der Waals surface area contributed by atoms with E-state index in [-0.39, 0.29) is 6.04 Å². The maximum Gasteiger partial charge on any atom is 0.417 e. The summed E-state index contributed by atoms with van der Waals surface area (Å²) in [6.07, 6.45) is -0.392. The van der Waals surface area contributed by atoms with Crippen molar-refractivity contribution in [3.8, 4) is 6.07 Å². The Bertz CT molecular complexity index is 677. The van der Waals surface area contributed by atoms with E-state index in [9.17, 15) is 13.2 Å². The van der Waals surface area contributed by atoms with Gasteiger partial charge in [0.15, 0.2) is 0 Å². The number of aromatic nitrogens is 3. The molecule has 2 aromatic rings. The molecule has 1 fully saturated rings. The summed E-state index contributed by atoms with van der Waals surface area (Å²) in [5, 5.41) is 12.8. The van der Waals surface area contributed by atoms with Crippen LogP contribution in [0.25, 0.3) is 0 Å². The summed E-state index contributed by atoms with van der Waals surface area (Å²) in [5.74, 6) is 0.506. The molecule has 0 radical (unpaired) electrons. The van der Waals surface area contributed by atoms with Gasteiger partial charge in [0.05, 0.1) is 23.4 Å². The van der Waals surface area contributed by atoms with E-state index in [1.165, 1.54) is 12.3 Å². The van der Waals surface area contributed by atoms with Crippen LogP contribution in [0.3, 0.4) is 0 Å². The highest BCUT2D eigenvalue weighted by atomic mass is 19.4. The lowest BCUT2D eigenvalue weighted by molar-refractivity contribution is -0.137. The summed E-state index contributed by atoms with van der Waals surface area (Å²) < 4.78 is 39.0. The number of alkyl halides is 3. The summed E-state index contributed by atoms with van der Waals surface area (Å²) >= 11 is 0. The van der Waals surface area contributed by atoms with E-state index in [1.807, 2.05) is 11.0 Å². The average Bonchev–Trinajstić information content (AvgIpc) is 2.85. The zero-order chi connectivity index (χ0) is 15.0. The Morgan fingerprint density at radius 1 is 1.24 bits per heavy atom. The highest BCUT2D eigenvalue weighted by Gasteiger charge is 2.33. The van der Waals surface area contributed by atoms with Crippen molar-refractivity contribution in [3.05, 3.63) is 41.9 Å². The highest BCUT2D eigenvalue weighted by Crippen LogP contribution is 2.31. The molecule has 1 aliphatic heterocycles. The number of hydrogen-bond acceptors (Lipinski definition) is 4. The van der Waals surface area contributed by atoms with Gasteiger partial charge in [-0.1, -0.05) is 0 Å². The quantitative estimate of drug-likeness (QED) is 0.852. The monoisotopic (exact) mass is 293 g/mol. The van der Waals surface area contributed by atoms with Gasteiger partial charge in [-0.15, -0.1) is 0 Å². The van der Waals surface area contributed by atoms with Crippen LogP contribution in [0.2, 0.25) is 0 Å². The topological polar surface area (TPSA) is 57.7 Å². The minimum Gasteiger partial charge on any atom is -0.352 e. The number of nitriles is 1. The van der Waals surface area contributed by atoms with Gasteiger partial charge in [0.25, 0.3) is 0 Å². The smallest absolute Gasteiger partial charge is 0.352 e. The van der Waals surface area contributed by atoms with Gasteiger partial charge in [-0.25, -0.2) is 4.98 Å². The van der Waals surface area contributed by atoms with Gasteiger partial charge in [0, 0.05) is 25.5 Å². The number of pyridine rings is 1. The molecule has 0 aliphatic carbocycles. The summed E-state index contributed by atoms with van der Waals surface area (Å²) in [4.78, 5) is 5.70. The lowest BCUT2D eigenvalue weighted by Crippen LogP contribution is -2.48. The minimum absolute atomic E-state index is 0.108. The third-order valence-corrected chi connectivity index (χ3v) is 3.37. The fourth-order valence-electron chi connectivity index (χ4n) is 2.15. The van der Waals surface area contributed by atoms with Gasteiger partial charge >= 0.3 is 6.18 Å². The first kappa shape index (κ1) is 13.4. The summed E-state index contributed by atoms with van der Waals surface area (Å²) in [7, 11) is 0. The Labute approximate surface area is 118 Å². The van der Waals surface area contributed by atoms with Crippen LogP contribution in [0.4, 0.5) is 19.0 Å². The van der Waals surface area contributed by atoms with Crippen LogP contribution >= 0.6 is 0 Å². The van der Waals surface area contributed by atoms with Crippen molar-refractivity contribution in [1.29, 1.82) is 5.26 Å². The summed E-state index contributed by atoms with van der Waals surface area (Å²) in [6, 6.07) is 4.49. The molecule has 0 amide bonds. The maximum absolute atomic E-state index is 12.4. The molecule has 3 rings (SSSR count). The third kappa shape index (κ3) is 2.54. The standard InChI is InChI=1S/C13H10F3N5/c14-13(15,16)10-1-2-12(18-5-10)20-7-11(8-20)21-6-9(3-17)4-19-21/h1-2,4-6,11H,7-8H2. The molecule has 0 bridgehead atoms. The van der Waals surface area contributed by atoms with Crippen molar-refractivity contribution in [3.63, 3.8) is 0 Å². The number of anilines is 1. The first-order valence-corrected chi connectivity index (χ1v) is 6.20. The normalized spacial score (nSPS) is 15.6. The fraction of sp³-hybridized carbons (Fsp3) is 0.308. The molecule has 0 saturated carbocycles. The minimum atomic E-state index is -4.37. The molecule has 0 spiro atoms. The lowest BCUT2D eigenvalue weighted by Gasteiger charge is -2.40. The van der Waals surface area contributed by atoms with Gasteiger partial charge in [0.1, 0.15) is 11.9 Å². The van der Waals surface area contributed by atoms with Crippen LogP contribution < -0.4 is 4.90 Å². The molecule has 108 valence electrons. The Hall–Kier alpha value is -2.56. The first-order valence-electron chi connectivity index (χ1n) is 6.20. The molecule has 0 N–H and O–H groups in total. The van der Waals surface area contributed by atoms with Crippen molar-refractivity contribution < 1.29 is 13.2 Å². The Balaban J connectivity index is 1.65. The van der Waals surface area contributed by atoms with Crippen LogP contribution in [-0.4, -0.2) is 27.9 Å². The number of halogens is 3. The third-order valence-electron chi connectivity index (χ3n) is 3.37. The van der Waals surface area contributed by atoms with Crippen molar-refractivity contribution in [2.24, 2.45) is 0 Å². The SMILES string of the molecule is N#Cc1cnn(C2CN(c3ccc(C(F)(F)F)cn3)C2)c1. The van der Waals surface area contributed by atoms with Crippen LogP contribution in [0.15, 0.2) is 30.7 Å². The number of hydrogen-bond donors (Lipinski definition) is 0. The van der Waals surface area contributed by atoms with E-state index in [4.69, 9.17) is 5.26 Å². The van der Waals surface area contributed by atoms with Gasteiger partial charge in [-0.2, -0.15) is 23.5 Å². The van der Waals surface area contributed by atoms with Crippen molar-refractivity contribution >= 4 is 5.82 Å². The molecule has 5 nitrogen and oxygen atoms in total. The van der Waals surface area contributed by atoms with Crippen LogP contribution in [-0.2, 0) is 6.18 Å². The second kappa shape index (κ2) is 4.77. The largest absolute Gasteiger partial charge is 0.417 e. The van der Waals surface area contributed by atoms with E-state index >= 15 is 0 Å². The Morgan fingerprint density at radius 2 is 2.00 bits per heavy atom. The van der Waals surface area contributed by atoms with E-state index in [1.54, 1.807) is 10.9 Å². The molecule has 0 unspecified atom stereocenters. The zero-order valence-corrected chi connectivity index (χ0v) is 10.7. The second-order valence-electron chi connectivity index (χ2n) is 4.78. The van der Waals surface area contributed by atoms with E-state index < -0.39 is 11.7 Å². The molecule has 3 heterocycles. The van der Waals surface area contributed by atoms with Crippen LogP contribution in [0.1, 0.15) is 17.2 Å². The molecule has 0 atom stereocenters. The van der Waals surface area contributed by atoms with Gasteiger partial charge in [0.2, 0.25) is 0 Å². The number of rotatable bonds is 2. The summed E-state index contributed by atoms with van der Waals surface area (Å²) in [5.41, 5.74) is -0.268. The van der Waals surface area contributed by atoms with Crippen LogP contribution in [0, 0.1) is 11.3 Å². The molecular formula is C13H10F3N5. The predicted octanol–water partition coefficient (Wildman–Crippen LogP) is 2.23. The van der Waals surface area contributed by atoms with Gasteiger partial charge in [-0.05, 0) is 12.1 Å². The zero-order valence-electron chi connectivity index (χ0n) is 10.7. The molecule has 2 aromatic heterocycles. The molecular weight excluding hydrogens is 283 g/mol. The van der Waals surface area contributed by atoms with Crippen LogP contribution in [0.5, 0.6) is 0 Å². The van der Waals surface area contributed by atoms with Gasteiger partial charge < -0.3 is 4.90 Å². The van der Waals surface area contributed by atoms with E-state index in [0.29, 0.717) is 24.5 Å². The molecule has 21 heavy (non-hydrogen) atoms. The lowest BCUT2D eigenvalue weighted by atomic mass is 10.1. The first-order chi connectivity index (χ1) is 9.97. The Kier molecular flexibility index (Phi) is 3.05. The molecule has 0 aromatic carbocycles. The van der Waals surface area contributed by atoms with Crippen molar-refractivity contribution in [2.45, 2.75) is 12.2 Å². The molecule has 1 aliphatic rings. The number of nitrogens with zero attached hydrogens (tertiary/aromatic N) is 5. The summed E-state index contributed by atoms with van der Waals surface area (Å²) in [6.45, 7) is 1.20. The molecule has 1 saturated heterocycles. The highest BCUT2D eigenvalue weighted by molar-refractivity contribution is 5.43. The van der Waals surface area contributed by atoms with Gasteiger partial charge in [-0.3, -0.25) is 4.68 Å². The second-order valence-corrected chi connectivity index (χ2v) is 4.78. The van der Waals surface area contributed by atoms with Crippen molar-refractivity contribution in [1.82, 2.24) is 14.8 Å². The Morgan fingerprint density at radius 3 is 2.52 bits per heavy atom. The van der Waals surface area contributed by atoms with E-state index in [2.05, 4.69) is 10.1 Å². The average molecular weight is 293 g/mol. The van der Waals surface area contributed by atoms with E-state index in [0.717, 1.165) is 12.3 Å². The fourth-order valence-corrected chi connectivity index (χ4v) is 2.15. The molecule has 8 heteroatoms. The van der Waals surface area contributed by atoms with Crippen molar-refractivity contribution in [2.75, 3.05) is 18.0 Å². The predicted molar refractivity (Wildman–Crippen MR) is 67.4 cm³/mol.